The predicted molar refractivity (Wildman–Crippen MR) is 79.2 cm³/mol. The van der Waals surface area contributed by atoms with E-state index in [9.17, 15) is 9.59 Å². The number of benzene rings is 1. The van der Waals surface area contributed by atoms with Crippen LogP contribution in [-0.4, -0.2) is 31.6 Å². The average molecular weight is 292 g/mol. The summed E-state index contributed by atoms with van der Waals surface area (Å²) < 4.78 is 10.3. The Morgan fingerprint density at radius 1 is 1.38 bits per heavy atom. The number of esters is 1. The Morgan fingerprint density at radius 3 is 2.90 bits per heavy atom. The van der Waals surface area contributed by atoms with Gasteiger partial charge in [-0.2, -0.15) is 0 Å². The Hall–Kier alpha value is -2.24. The van der Waals surface area contributed by atoms with Gasteiger partial charge in [-0.25, -0.2) is 4.79 Å². The van der Waals surface area contributed by atoms with Crippen molar-refractivity contribution in [3.8, 4) is 5.75 Å². The van der Waals surface area contributed by atoms with Gasteiger partial charge in [0.1, 0.15) is 5.75 Å². The summed E-state index contributed by atoms with van der Waals surface area (Å²) in [5, 5.41) is 0. The van der Waals surface area contributed by atoms with Crippen LogP contribution < -0.4 is 15.4 Å². The van der Waals surface area contributed by atoms with Gasteiger partial charge in [-0.15, -0.1) is 0 Å². The SMILES string of the molecule is CCOC(=O)COc1cc(N)ccc1N1CCCCC1=O. The standard InChI is InChI=1S/C15H20N2O4/c1-2-20-15(19)10-21-13-9-11(16)6-7-12(13)17-8-4-3-5-14(17)18/h6-7,9H,2-5,8,10,16H2,1H3. The van der Waals surface area contributed by atoms with Crippen LogP contribution in [0.15, 0.2) is 18.2 Å². The molecule has 2 N–H and O–H groups in total. The van der Waals surface area contributed by atoms with Crippen molar-refractivity contribution in [1.82, 2.24) is 0 Å². The largest absolute Gasteiger partial charge is 0.480 e. The second-order valence-electron chi connectivity index (χ2n) is 4.82. The van der Waals surface area contributed by atoms with Gasteiger partial charge < -0.3 is 20.1 Å². The lowest BCUT2D eigenvalue weighted by atomic mass is 10.1. The molecule has 0 aliphatic carbocycles. The van der Waals surface area contributed by atoms with E-state index in [1.807, 2.05) is 0 Å². The third-order valence-corrected chi connectivity index (χ3v) is 3.25. The van der Waals surface area contributed by atoms with Gasteiger partial charge in [-0.1, -0.05) is 0 Å². The van der Waals surface area contributed by atoms with E-state index in [4.69, 9.17) is 15.2 Å². The minimum atomic E-state index is -0.448. The molecule has 2 rings (SSSR count). The summed E-state index contributed by atoms with van der Waals surface area (Å²) >= 11 is 0. The van der Waals surface area contributed by atoms with Crippen molar-refractivity contribution in [3.63, 3.8) is 0 Å². The van der Waals surface area contributed by atoms with E-state index in [0.29, 0.717) is 36.7 Å². The third-order valence-electron chi connectivity index (χ3n) is 3.25. The molecule has 1 aliphatic rings. The van der Waals surface area contributed by atoms with Crippen LogP contribution in [0, 0.1) is 0 Å². The van der Waals surface area contributed by atoms with Crippen LogP contribution in [-0.2, 0) is 14.3 Å². The van der Waals surface area contributed by atoms with Crippen molar-refractivity contribution in [3.05, 3.63) is 18.2 Å². The normalized spacial score (nSPS) is 14.9. The number of piperidine rings is 1. The maximum atomic E-state index is 12.0. The molecular weight excluding hydrogens is 272 g/mol. The first-order valence-electron chi connectivity index (χ1n) is 7.10. The molecule has 0 saturated carbocycles. The van der Waals surface area contributed by atoms with E-state index in [1.54, 1.807) is 30.0 Å². The molecular formula is C15H20N2O4. The third kappa shape index (κ3) is 3.87. The Kier molecular flexibility index (Phi) is 5.03. The van der Waals surface area contributed by atoms with Gasteiger partial charge in [0.25, 0.3) is 0 Å². The molecule has 6 heteroatoms. The number of carbonyl (C=O) groups is 2. The molecule has 0 spiro atoms. The molecule has 6 nitrogen and oxygen atoms in total. The molecule has 0 radical (unpaired) electrons. The van der Waals surface area contributed by atoms with Gasteiger partial charge in [0.2, 0.25) is 5.91 Å². The number of hydrogen-bond donors (Lipinski definition) is 1. The van der Waals surface area contributed by atoms with Crippen LogP contribution in [0.2, 0.25) is 0 Å². The number of amides is 1. The first-order chi connectivity index (χ1) is 10.1. The number of carbonyl (C=O) groups excluding carboxylic acids is 2. The number of rotatable bonds is 5. The summed E-state index contributed by atoms with van der Waals surface area (Å²) in [7, 11) is 0. The highest BCUT2D eigenvalue weighted by atomic mass is 16.6. The fourth-order valence-electron chi connectivity index (χ4n) is 2.27. The molecule has 21 heavy (non-hydrogen) atoms. The smallest absolute Gasteiger partial charge is 0.344 e. The zero-order chi connectivity index (χ0) is 15.2. The van der Waals surface area contributed by atoms with Crippen molar-refractivity contribution >= 4 is 23.3 Å². The average Bonchev–Trinajstić information content (AvgIpc) is 2.46. The van der Waals surface area contributed by atoms with Crippen LogP contribution in [0.4, 0.5) is 11.4 Å². The van der Waals surface area contributed by atoms with Crippen LogP contribution in [0.3, 0.4) is 0 Å². The number of nitrogens with two attached hydrogens (primary N) is 1. The molecule has 1 saturated heterocycles. The van der Waals surface area contributed by atoms with Crippen LogP contribution in [0.5, 0.6) is 5.75 Å². The molecule has 1 aromatic carbocycles. The van der Waals surface area contributed by atoms with Crippen molar-refractivity contribution < 1.29 is 19.1 Å². The molecule has 0 aromatic heterocycles. The number of nitrogen functional groups attached to an aromatic ring is 1. The molecule has 0 bridgehead atoms. The van der Waals surface area contributed by atoms with Crippen molar-refractivity contribution in [2.45, 2.75) is 26.2 Å². The van der Waals surface area contributed by atoms with Crippen LogP contribution in [0.1, 0.15) is 26.2 Å². The zero-order valence-corrected chi connectivity index (χ0v) is 12.1. The molecule has 1 aromatic rings. The van der Waals surface area contributed by atoms with Crippen molar-refractivity contribution in [1.29, 1.82) is 0 Å². The predicted octanol–water partition coefficient (Wildman–Crippen LogP) is 1.73. The highest BCUT2D eigenvalue weighted by Gasteiger charge is 2.23. The van der Waals surface area contributed by atoms with E-state index in [1.165, 1.54) is 0 Å². The Bertz CT molecular complexity index is 530. The quantitative estimate of drug-likeness (QED) is 0.660. The minimum absolute atomic E-state index is 0.0620. The van der Waals surface area contributed by atoms with Crippen molar-refractivity contribution in [2.75, 3.05) is 30.4 Å². The summed E-state index contributed by atoms with van der Waals surface area (Å²) in [6, 6.07) is 5.09. The van der Waals surface area contributed by atoms with E-state index >= 15 is 0 Å². The lowest BCUT2D eigenvalue weighted by molar-refractivity contribution is -0.145. The van der Waals surface area contributed by atoms with Gasteiger partial charge in [0.15, 0.2) is 6.61 Å². The van der Waals surface area contributed by atoms with E-state index in [2.05, 4.69) is 0 Å². The Morgan fingerprint density at radius 2 is 2.19 bits per heavy atom. The number of nitrogens with zero attached hydrogens (tertiary/aromatic N) is 1. The summed E-state index contributed by atoms with van der Waals surface area (Å²) in [5.41, 5.74) is 6.92. The Labute approximate surface area is 123 Å². The number of anilines is 2. The van der Waals surface area contributed by atoms with E-state index < -0.39 is 5.97 Å². The highest BCUT2D eigenvalue weighted by molar-refractivity contribution is 5.95. The molecule has 0 atom stereocenters. The first kappa shape index (κ1) is 15.2. The first-order valence-corrected chi connectivity index (χ1v) is 7.10. The second-order valence-corrected chi connectivity index (χ2v) is 4.82. The second kappa shape index (κ2) is 6.97. The minimum Gasteiger partial charge on any atom is -0.480 e. The van der Waals surface area contributed by atoms with Gasteiger partial charge in [0, 0.05) is 24.7 Å². The zero-order valence-electron chi connectivity index (χ0n) is 12.1. The number of ether oxygens (including phenoxy) is 2. The summed E-state index contributed by atoms with van der Waals surface area (Å²) in [6.07, 6.45) is 2.39. The molecule has 1 heterocycles. The van der Waals surface area contributed by atoms with E-state index in [0.717, 1.165) is 12.8 Å². The van der Waals surface area contributed by atoms with Gasteiger partial charge in [-0.3, -0.25) is 4.79 Å². The molecule has 114 valence electrons. The topological polar surface area (TPSA) is 81.9 Å². The fourth-order valence-corrected chi connectivity index (χ4v) is 2.27. The monoisotopic (exact) mass is 292 g/mol. The lowest BCUT2D eigenvalue weighted by Gasteiger charge is -2.28. The van der Waals surface area contributed by atoms with Crippen LogP contribution in [0.25, 0.3) is 0 Å². The maximum absolute atomic E-state index is 12.0. The van der Waals surface area contributed by atoms with E-state index in [-0.39, 0.29) is 12.5 Å². The Balaban J connectivity index is 2.16. The summed E-state index contributed by atoms with van der Waals surface area (Å²) in [5.74, 6) is 0.0427. The maximum Gasteiger partial charge on any atom is 0.344 e. The van der Waals surface area contributed by atoms with Gasteiger partial charge >= 0.3 is 5.97 Å². The number of hydrogen-bond acceptors (Lipinski definition) is 5. The highest BCUT2D eigenvalue weighted by Crippen LogP contribution is 2.32. The molecule has 1 aliphatic heterocycles. The fraction of sp³-hybridized carbons (Fsp3) is 0.467. The lowest BCUT2D eigenvalue weighted by Crippen LogP contribution is -2.35. The molecule has 0 unspecified atom stereocenters. The molecule has 1 amide bonds. The van der Waals surface area contributed by atoms with Crippen LogP contribution >= 0.6 is 0 Å². The molecule has 1 fully saturated rings. The van der Waals surface area contributed by atoms with Crippen molar-refractivity contribution in [2.24, 2.45) is 0 Å². The van der Waals surface area contributed by atoms with Gasteiger partial charge in [-0.05, 0) is 31.9 Å². The summed E-state index contributed by atoms with van der Waals surface area (Å²) in [6.45, 7) is 2.48. The summed E-state index contributed by atoms with van der Waals surface area (Å²) in [4.78, 5) is 25.1. The van der Waals surface area contributed by atoms with Gasteiger partial charge in [0.05, 0.1) is 12.3 Å².